The Morgan fingerprint density at radius 1 is 0.895 bits per heavy atom. The number of fused-ring (bicyclic) bond motifs is 1. The third-order valence-electron chi connectivity index (χ3n) is 3.62. The summed E-state index contributed by atoms with van der Waals surface area (Å²) in [5.74, 6) is 0. The minimum absolute atomic E-state index is 0.217. The summed E-state index contributed by atoms with van der Waals surface area (Å²) in [5.41, 5.74) is 1.81. The van der Waals surface area contributed by atoms with Crippen LogP contribution in [-0.4, -0.2) is 10.7 Å². The lowest BCUT2D eigenvalue weighted by Gasteiger charge is -2.39. The molecular weight excluding hydrogens is 238 g/mol. The lowest BCUT2D eigenvalue weighted by Crippen LogP contribution is -2.46. The van der Waals surface area contributed by atoms with Gasteiger partial charge in [-0.3, -0.25) is 0 Å². The van der Waals surface area contributed by atoms with Gasteiger partial charge in [0.05, 0.1) is 16.7 Å². The van der Waals surface area contributed by atoms with Crippen LogP contribution in [0.4, 0.5) is 0 Å². The molecule has 0 atom stereocenters. The lowest BCUT2D eigenvalue weighted by atomic mass is 9.91. The normalized spacial score (nSPS) is 21.4. The van der Waals surface area contributed by atoms with E-state index in [2.05, 4.69) is 52.0 Å². The summed E-state index contributed by atoms with van der Waals surface area (Å²) >= 11 is 0. The fourth-order valence-corrected chi connectivity index (χ4v) is 2.80. The Morgan fingerprint density at radius 3 is 1.68 bits per heavy atom. The van der Waals surface area contributed by atoms with Crippen LogP contribution in [0.5, 0.6) is 0 Å². The number of hydrogen-bond donors (Lipinski definition) is 0. The van der Waals surface area contributed by atoms with E-state index in [1.165, 1.54) is 11.1 Å². The summed E-state index contributed by atoms with van der Waals surface area (Å²) < 4.78 is 0. The van der Waals surface area contributed by atoms with E-state index in [0.29, 0.717) is 0 Å². The molecule has 0 saturated heterocycles. The molecule has 0 bridgehead atoms. The van der Waals surface area contributed by atoms with Gasteiger partial charge in [-0.1, -0.05) is 24.3 Å². The first kappa shape index (κ1) is 14.5. The van der Waals surface area contributed by atoms with Gasteiger partial charge in [0.25, 0.3) is 0 Å². The molecule has 0 aromatic heterocycles. The average molecular weight is 263 g/mol. The van der Waals surface area contributed by atoms with Gasteiger partial charge in [0.15, 0.2) is 0 Å². The molecule has 0 radical (unpaired) electrons. The zero-order chi connectivity index (χ0) is 14.5. The summed E-state index contributed by atoms with van der Waals surface area (Å²) in [4.78, 5) is 11.3. The second-order valence-corrected chi connectivity index (χ2v) is 7.23. The molecule has 3 heteroatoms. The lowest BCUT2D eigenvalue weighted by molar-refractivity contribution is -0.497. The third-order valence-corrected chi connectivity index (χ3v) is 3.62. The molecule has 0 amide bonds. The topological polar surface area (TPSA) is 21.7 Å². The van der Waals surface area contributed by atoms with Crippen molar-refractivity contribution in [3.8, 4) is 0 Å². The number of nitrogens with zero attached hydrogens (tertiary/aromatic N) is 1. The molecule has 2 rings (SSSR count). The Kier molecular flexibility index (Phi) is 3.28. The van der Waals surface area contributed by atoms with Crippen molar-refractivity contribution in [1.82, 2.24) is 5.06 Å². The summed E-state index contributed by atoms with van der Waals surface area (Å²) in [5, 5.41) is 1.95. The Labute approximate surface area is 116 Å². The smallest absolute Gasteiger partial charge is 0.0972 e. The highest BCUT2D eigenvalue weighted by atomic mass is 17.3. The molecule has 0 spiro atoms. The molecule has 0 saturated carbocycles. The van der Waals surface area contributed by atoms with Crippen molar-refractivity contribution in [2.24, 2.45) is 0 Å². The van der Waals surface area contributed by atoms with Crippen molar-refractivity contribution >= 4 is 0 Å². The molecule has 19 heavy (non-hydrogen) atoms. The van der Waals surface area contributed by atoms with Crippen LogP contribution < -0.4 is 0 Å². The van der Waals surface area contributed by atoms with Gasteiger partial charge in [0.2, 0.25) is 0 Å². The Balaban J connectivity index is 2.36. The van der Waals surface area contributed by atoms with E-state index in [1.807, 2.05) is 25.8 Å². The molecule has 0 fully saturated rings. The Hall–Kier alpha value is -0.900. The number of benzene rings is 1. The van der Waals surface area contributed by atoms with Gasteiger partial charge in [-0.05, 0) is 59.6 Å². The summed E-state index contributed by atoms with van der Waals surface area (Å²) in [6.07, 6.45) is 0. The minimum Gasteiger partial charge on any atom is -0.212 e. The van der Waals surface area contributed by atoms with Crippen molar-refractivity contribution < 1.29 is 9.88 Å². The molecule has 3 nitrogen and oxygen atoms in total. The van der Waals surface area contributed by atoms with Crippen LogP contribution in [0.15, 0.2) is 24.3 Å². The quantitative estimate of drug-likeness (QED) is 0.591. The fraction of sp³-hybridized carbons (Fsp3) is 0.625. The van der Waals surface area contributed by atoms with E-state index < -0.39 is 0 Å². The van der Waals surface area contributed by atoms with Gasteiger partial charge in [-0.25, -0.2) is 4.89 Å². The Bertz CT molecular complexity index is 437. The minimum atomic E-state index is -0.332. The van der Waals surface area contributed by atoms with Crippen molar-refractivity contribution in [1.29, 1.82) is 0 Å². The van der Waals surface area contributed by atoms with Crippen molar-refractivity contribution in [2.75, 3.05) is 0 Å². The van der Waals surface area contributed by atoms with Crippen LogP contribution in [0.2, 0.25) is 0 Å². The van der Waals surface area contributed by atoms with Crippen LogP contribution in [0.3, 0.4) is 0 Å². The van der Waals surface area contributed by atoms with E-state index in [9.17, 15) is 0 Å². The first-order chi connectivity index (χ1) is 8.57. The highest BCUT2D eigenvalue weighted by molar-refractivity contribution is 5.42. The predicted octanol–water partition coefficient (Wildman–Crippen LogP) is 4.13. The summed E-state index contributed by atoms with van der Waals surface area (Å²) in [6, 6.07) is 8.48. The maximum Gasteiger partial charge on any atom is 0.0972 e. The van der Waals surface area contributed by atoms with Crippen LogP contribution in [0.25, 0.3) is 0 Å². The van der Waals surface area contributed by atoms with E-state index in [4.69, 9.17) is 9.88 Å². The number of hydroxylamine groups is 2. The molecule has 1 aliphatic rings. The SMILES string of the molecule is CC(C)(C)OON1C(C)(C)c2ccccc2C1(C)C. The van der Waals surface area contributed by atoms with Gasteiger partial charge in [0.1, 0.15) is 0 Å². The summed E-state index contributed by atoms with van der Waals surface area (Å²) in [6.45, 7) is 14.6. The maximum absolute atomic E-state index is 5.71. The predicted molar refractivity (Wildman–Crippen MR) is 76.3 cm³/mol. The average Bonchev–Trinajstić information content (AvgIpc) is 2.41. The Morgan fingerprint density at radius 2 is 1.32 bits per heavy atom. The maximum atomic E-state index is 5.71. The van der Waals surface area contributed by atoms with Gasteiger partial charge in [-0.2, -0.15) is 0 Å². The van der Waals surface area contributed by atoms with Gasteiger partial charge < -0.3 is 0 Å². The third kappa shape index (κ3) is 2.42. The molecule has 1 aliphatic heterocycles. The standard InChI is InChI=1S/C16H25NO2/c1-14(2,3)18-19-17-15(4,5)12-10-8-9-11-13(12)16(17,6)7/h8-11H,1-7H3. The second-order valence-electron chi connectivity index (χ2n) is 7.23. The molecule has 106 valence electrons. The fourth-order valence-electron chi connectivity index (χ4n) is 2.80. The van der Waals surface area contributed by atoms with E-state index in [1.54, 1.807) is 0 Å². The number of rotatable bonds is 2. The van der Waals surface area contributed by atoms with Crippen LogP contribution in [0.1, 0.15) is 59.6 Å². The van der Waals surface area contributed by atoms with Gasteiger partial charge >= 0.3 is 0 Å². The molecule has 0 aliphatic carbocycles. The van der Waals surface area contributed by atoms with Crippen molar-refractivity contribution in [2.45, 2.75) is 65.1 Å². The second kappa shape index (κ2) is 4.30. The van der Waals surface area contributed by atoms with Gasteiger partial charge in [-0.15, -0.1) is 10.1 Å². The van der Waals surface area contributed by atoms with Gasteiger partial charge in [0, 0.05) is 0 Å². The highest BCUT2D eigenvalue weighted by Gasteiger charge is 2.51. The van der Waals surface area contributed by atoms with Crippen molar-refractivity contribution in [3.05, 3.63) is 35.4 Å². The zero-order valence-electron chi connectivity index (χ0n) is 13.1. The van der Waals surface area contributed by atoms with Crippen molar-refractivity contribution in [3.63, 3.8) is 0 Å². The molecule has 0 N–H and O–H groups in total. The first-order valence-electron chi connectivity index (χ1n) is 6.83. The monoisotopic (exact) mass is 263 g/mol. The van der Waals surface area contributed by atoms with Crippen LogP contribution >= 0.6 is 0 Å². The van der Waals surface area contributed by atoms with E-state index >= 15 is 0 Å². The number of hydrogen-bond acceptors (Lipinski definition) is 3. The molecule has 1 heterocycles. The molecular formula is C16H25NO2. The van der Waals surface area contributed by atoms with E-state index in [0.717, 1.165) is 0 Å². The zero-order valence-corrected chi connectivity index (χ0v) is 13.1. The molecule has 0 unspecified atom stereocenters. The largest absolute Gasteiger partial charge is 0.212 e. The first-order valence-corrected chi connectivity index (χ1v) is 6.83. The molecule has 1 aromatic carbocycles. The highest BCUT2D eigenvalue weighted by Crippen LogP contribution is 2.49. The summed E-state index contributed by atoms with van der Waals surface area (Å²) in [7, 11) is 0. The van der Waals surface area contributed by atoms with E-state index in [-0.39, 0.29) is 16.7 Å². The van der Waals surface area contributed by atoms with Crippen LogP contribution in [-0.2, 0) is 21.0 Å². The van der Waals surface area contributed by atoms with Crippen LogP contribution in [0, 0.1) is 0 Å². The molecule has 1 aromatic rings.